The van der Waals surface area contributed by atoms with Crippen molar-refractivity contribution in [1.29, 1.82) is 0 Å². The second-order valence-electron chi connectivity index (χ2n) is 5.42. The van der Waals surface area contributed by atoms with Crippen LogP contribution in [0, 0.1) is 0 Å². The summed E-state index contributed by atoms with van der Waals surface area (Å²) in [4.78, 5) is 15.4. The van der Waals surface area contributed by atoms with E-state index < -0.39 is 0 Å². The smallest absolute Gasteiger partial charge is 0.218 e. The molecule has 0 atom stereocenters. The monoisotopic (exact) mass is 307 g/mol. The van der Waals surface area contributed by atoms with E-state index in [-0.39, 0.29) is 5.91 Å². The SMILES string of the molecule is COc1ccc(OCCN2CCN(CCC(N)=O)CC2)cc1. The fourth-order valence-corrected chi connectivity index (χ4v) is 2.47. The standard InChI is InChI=1S/C16H25N3O3/c1-21-14-2-4-15(5-3-14)22-13-12-19-10-8-18(9-11-19)7-6-16(17)20/h2-5H,6-13H2,1H3,(H2,17,20). The van der Waals surface area contributed by atoms with Gasteiger partial charge in [-0.3, -0.25) is 9.69 Å². The van der Waals surface area contributed by atoms with E-state index in [1.54, 1.807) is 7.11 Å². The van der Waals surface area contributed by atoms with Crippen LogP contribution in [0.4, 0.5) is 0 Å². The first-order valence-corrected chi connectivity index (χ1v) is 7.67. The average molecular weight is 307 g/mol. The van der Waals surface area contributed by atoms with E-state index in [2.05, 4.69) is 9.80 Å². The van der Waals surface area contributed by atoms with Crippen molar-refractivity contribution in [1.82, 2.24) is 9.80 Å². The Morgan fingerprint density at radius 1 is 1.05 bits per heavy atom. The third kappa shape index (κ3) is 5.54. The van der Waals surface area contributed by atoms with E-state index in [9.17, 15) is 4.79 Å². The van der Waals surface area contributed by atoms with Crippen LogP contribution < -0.4 is 15.2 Å². The maximum atomic E-state index is 10.8. The average Bonchev–Trinajstić information content (AvgIpc) is 2.55. The minimum Gasteiger partial charge on any atom is -0.497 e. The van der Waals surface area contributed by atoms with E-state index in [0.717, 1.165) is 50.8 Å². The molecule has 1 aromatic rings. The number of methoxy groups -OCH3 is 1. The number of ether oxygens (including phenoxy) is 2. The van der Waals surface area contributed by atoms with Crippen molar-refractivity contribution in [2.75, 3.05) is 53.0 Å². The lowest BCUT2D eigenvalue weighted by atomic mass is 10.3. The zero-order valence-corrected chi connectivity index (χ0v) is 13.2. The number of carbonyl (C=O) groups excluding carboxylic acids is 1. The first-order valence-electron chi connectivity index (χ1n) is 7.67. The van der Waals surface area contributed by atoms with Crippen LogP contribution >= 0.6 is 0 Å². The molecule has 6 heteroatoms. The highest BCUT2D eigenvalue weighted by atomic mass is 16.5. The molecular weight excluding hydrogens is 282 g/mol. The third-order valence-corrected chi connectivity index (χ3v) is 3.88. The molecule has 1 saturated heterocycles. The Kier molecular flexibility index (Phi) is 6.48. The molecule has 1 aliphatic heterocycles. The highest BCUT2D eigenvalue weighted by Gasteiger charge is 2.16. The normalized spacial score (nSPS) is 16.4. The Balaban J connectivity index is 1.61. The van der Waals surface area contributed by atoms with Crippen molar-refractivity contribution >= 4 is 5.91 Å². The minimum atomic E-state index is -0.227. The van der Waals surface area contributed by atoms with E-state index in [1.165, 1.54) is 0 Å². The molecule has 0 radical (unpaired) electrons. The molecule has 122 valence electrons. The Hall–Kier alpha value is -1.79. The first kappa shape index (κ1) is 16.6. The van der Waals surface area contributed by atoms with E-state index >= 15 is 0 Å². The van der Waals surface area contributed by atoms with Gasteiger partial charge in [0, 0.05) is 45.7 Å². The van der Waals surface area contributed by atoms with Crippen molar-refractivity contribution in [2.24, 2.45) is 5.73 Å². The third-order valence-electron chi connectivity index (χ3n) is 3.88. The van der Waals surface area contributed by atoms with Gasteiger partial charge in [-0.1, -0.05) is 0 Å². The first-order chi connectivity index (χ1) is 10.7. The molecule has 0 bridgehead atoms. The molecular formula is C16H25N3O3. The Labute approximate surface area is 131 Å². The molecule has 2 N–H and O–H groups in total. The van der Waals surface area contributed by atoms with Crippen molar-refractivity contribution < 1.29 is 14.3 Å². The Morgan fingerprint density at radius 3 is 2.14 bits per heavy atom. The highest BCUT2D eigenvalue weighted by molar-refractivity contribution is 5.73. The molecule has 0 aliphatic carbocycles. The Morgan fingerprint density at radius 2 is 1.59 bits per heavy atom. The molecule has 0 unspecified atom stereocenters. The topological polar surface area (TPSA) is 68.0 Å². The van der Waals surface area contributed by atoms with E-state index in [4.69, 9.17) is 15.2 Å². The quantitative estimate of drug-likeness (QED) is 0.760. The second kappa shape index (κ2) is 8.60. The molecule has 22 heavy (non-hydrogen) atoms. The largest absolute Gasteiger partial charge is 0.497 e. The van der Waals surface area contributed by atoms with Gasteiger partial charge in [-0.15, -0.1) is 0 Å². The van der Waals surface area contributed by atoms with Gasteiger partial charge < -0.3 is 20.1 Å². The summed E-state index contributed by atoms with van der Waals surface area (Å²) in [6, 6.07) is 7.63. The number of nitrogens with zero attached hydrogens (tertiary/aromatic N) is 2. The zero-order valence-electron chi connectivity index (χ0n) is 13.2. The molecule has 1 amide bonds. The summed E-state index contributed by atoms with van der Waals surface area (Å²) in [5.74, 6) is 1.47. The van der Waals surface area contributed by atoms with Crippen molar-refractivity contribution in [2.45, 2.75) is 6.42 Å². The number of hydrogen-bond acceptors (Lipinski definition) is 5. The number of hydrogen-bond donors (Lipinski definition) is 1. The summed E-state index contributed by atoms with van der Waals surface area (Å²) in [6.45, 7) is 6.33. The van der Waals surface area contributed by atoms with Crippen molar-refractivity contribution in [3.05, 3.63) is 24.3 Å². The van der Waals surface area contributed by atoms with Crippen molar-refractivity contribution in [3.8, 4) is 11.5 Å². The minimum absolute atomic E-state index is 0.227. The number of benzene rings is 1. The van der Waals surface area contributed by atoms with Crippen LogP contribution in [-0.2, 0) is 4.79 Å². The molecule has 0 spiro atoms. The maximum Gasteiger partial charge on any atom is 0.218 e. The van der Waals surface area contributed by atoms with Crippen LogP contribution in [0.15, 0.2) is 24.3 Å². The van der Waals surface area contributed by atoms with Gasteiger partial charge in [0.2, 0.25) is 5.91 Å². The van der Waals surface area contributed by atoms with Crippen LogP contribution in [0.2, 0.25) is 0 Å². The molecule has 1 heterocycles. The van der Waals surface area contributed by atoms with Gasteiger partial charge in [-0.2, -0.15) is 0 Å². The molecule has 1 aliphatic rings. The summed E-state index contributed by atoms with van der Waals surface area (Å²) in [7, 11) is 1.65. The number of piperazine rings is 1. The Bertz CT molecular complexity index is 456. The van der Waals surface area contributed by atoms with E-state index in [1.807, 2.05) is 24.3 Å². The van der Waals surface area contributed by atoms with Crippen LogP contribution in [0.1, 0.15) is 6.42 Å². The van der Waals surface area contributed by atoms with Crippen LogP contribution in [-0.4, -0.2) is 68.7 Å². The highest BCUT2D eigenvalue weighted by Crippen LogP contribution is 2.16. The molecule has 1 aromatic carbocycles. The summed E-state index contributed by atoms with van der Waals surface area (Å²) < 4.78 is 10.9. The molecule has 0 aromatic heterocycles. The lowest BCUT2D eigenvalue weighted by molar-refractivity contribution is -0.118. The fourth-order valence-electron chi connectivity index (χ4n) is 2.47. The van der Waals surface area contributed by atoms with Crippen LogP contribution in [0.5, 0.6) is 11.5 Å². The maximum absolute atomic E-state index is 10.8. The molecule has 0 saturated carbocycles. The fraction of sp³-hybridized carbons (Fsp3) is 0.562. The summed E-state index contributed by atoms with van der Waals surface area (Å²) >= 11 is 0. The van der Waals surface area contributed by atoms with Gasteiger partial charge in [-0.05, 0) is 24.3 Å². The number of rotatable bonds is 8. The van der Waals surface area contributed by atoms with Gasteiger partial charge in [0.15, 0.2) is 0 Å². The summed E-state index contributed by atoms with van der Waals surface area (Å²) in [5.41, 5.74) is 5.18. The van der Waals surface area contributed by atoms with Gasteiger partial charge in [0.1, 0.15) is 18.1 Å². The molecule has 1 fully saturated rings. The van der Waals surface area contributed by atoms with Gasteiger partial charge in [0.05, 0.1) is 7.11 Å². The summed E-state index contributed by atoms with van der Waals surface area (Å²) in [6.07, 6.45) is 0.445. The molecule has 6 nitrogen and oxygen atoms in total. The lowest BCUT2D eigenvalue weighted by Gasteiger charge is -2.34. The number of nitrogens with two attached hydrogens (primary N) is 1. The zero-order chi connectivity index (χ0) is 15.8. The number of amides is 1. The number of carbonyl (C=O) groups is 1. The van der Waals surface area contributed by atoms with Crippen LogP contribution in [0.3, 0.4) is 0 Å². The van der Waals surface area contributed by atoms with Gasteiger partial charge in [-0.25, -0.2) is 0 Å². The van der Waals surface area contributed by atoms with Crippen molar-refractivity contribution in [3.63, 3.8) is 0 Å². The van der Waals surface area contributed by atoms with Gasteiger partial charge in [0.25, 0.3) is 0 Å². The lowest BCUT2D eigenvalue weighted by Crippen LogP contribution is -2.48. The predicted octanol–water partition coefficient (Wildman–Crippen LogP) is 0.567. The molecule has 2 rings (SSSR count). The second-order valence-corrected chi connectivity index (χ2v) is 5.42. The predicted molar refractivity (Wildman–Crippen MR) is 85.2 cm³/mol. The van der Waals surface area contributed by atoms with Gasteiger partial charge >= 0.3 is 0 Å². The van der Waals surface area contributed by atoms with E-state index in [0.29, 0.717) is 13.0 Å². The number of primary amides is 1. The summed E-state index contributed by atoms with van der Waals surface area (Å²) in [5, 5.41) is 0. The van der Waals surface area contributed by atoms with Crippen LogP contribution in [0.25, 0.3) is 0 Å².